The summed E-state index contributed by atoms with van der Waals surface area (Å²) in [5.74, 6) is -0.276. The number of halogens is 4. The number of nitrogens with zero attached hydrogens (tertiary/aromatic N) is 3. The molecule has 0 fully saturated rings. The zero-order valence-electron chi connectivity index (χ0n) is 12.6. The number of rotatable bonds is 5. The molecule has 0 aliphatic heterocycles. The van der Waals surface area contributed by atoms with E-state index in [9.17, 15) is 13.2 Å². The van der Waals surface area contributed by atoms with Crippen LogP contribution in [0.15, 0.2) is 30.5 Å². The number of aromatic nitrogens is 2. The van der Waals surface area contributed by atoms with Gasteiger partial charge in [0.15, 0.2) is 0 Å². The first-order valence-electron chi connectivity index (χ1n) is 6.97. The quantitative estimate of drug-likeness (QED) is 0.639. The van der Waals surface area contributed by atoms with E-state index < -0.39 is 17.6 Å². The number of benzene rings is 1. The van der Waals surface area contributed by atoms with Gasteiger partial charge in [0.25, 0.3) is 0 Å². The van der Waals surface area contributed by atoms with E-state index in [0.29, 0.717) is 6.54 Å². The Morgan fingerprint density at radius 1 is 1.22 bits per heavy atom. The van der Waals surface area contributed by atoms with Crippen LogP contribution in [0.1, 0.15) is 19.4 Å². The molecule has 4 nitrogen and oxygen atoms in total. The van der Waals surface area contributed by atoms with Crippen LogP contribution in [-0.2, 0) is 6.18 Å². The predicted molar refractivity (Wildman–Crippen MR) is 90.0 cm³/mol. The highest BCUT2D eigenvalue weighted by molar-refractivity contribution is 14.1. The molecule has 0 atom stereocenters. The summed E-state index contributed by atoms with van der Waals surface area (Å²) in [6.07, 6.45) is -3.78. The SMILES string of the molecule is CCOc1nc(N(CC)c2ccccc2I)ncc1C(F)(F)F. The van der Waals surface area contributed by atoms with Crippen LogP contribution in [0.5, 0.6) is 5.88 Å². The van der Waals surface area contributed by atoms with E-state index in [0.717, 1.165) is 15.5 Å². The molecule has 0 spiro atoms. The average Bonchev–Trinajstić information content (AvgIpc) is 2.49. The van der Waals surface area contributed by atoms with Gasteiger partial charge in [-0.3, -0.25) is 0 Å². The van der Waals surface area contributed by atoms with Gasteiger partial charge in [0.05, 0.1) is 12.3 Å². The number of anilines is 2. The summed E-state index contributed by atoms with van der Waals surface area (Å²) in [5.41, 5.74) is -0.139. The maximum Gasteiger partial charge on any atom is 0.423 e. The molecule has 2 rings (SSSR count). The van der Waals surface area contributed by atoms with Crippen LogP contribution in [0.3, 0.4) is 0 Å². The lowest BCUT2D eigenvalue weighted by Crippen LogP contribution is -2.21. The van der Waals surface area contributed by atoms with Gasteiger partial charge in [-0.05, 0) is 48.6 Å². The van der Waals surface area contributed by atoms with Gasteiger partial charge >= 0.3 is 6.18 Å². The Kier molecular flexibility index (Phi) is 5.66. The summed E-state index contributed by atoms with van der Waals surface area (Å²) >= 11 is 2.16. The molecule has 0 amide bonds. The van der Waals surface area contributed by atoms with E-state index in [1.807, 2.05) is 31.2 Å². The molecule has 8 heteroatoms. The number of alkyl halides is 3. The lowest BCUT2D eigenvalue weighted by atomic mass is 10.3. The minimum Gasteiger partial charge on any atom is -0.477 e. The highest BCUT2D eigenvalue weighted by Gasteiger charge is 2.36. The van der Waals surface area contributed by atoms with Crippen molar-refractivity contribution in [1.29, 1.82) is 0 Å². The van der Waals surface area contributed by atoms with E-state index >= 15 is 0 Å². The van der Waals surface area contributed by atoms with Gasteiger partial charge in [-0.1, -0.05) is 12.1 Å². The zero-order chi connectivity index (χ0) is 17.0. The Morgan fingerprint density at radius 3 is 2.48 bits per heavy atom. The standard InChI is InChI=1S/C15H15F3IN3O/c1-3-22(12-8-6-5-7-11(12)19)14-20-9-10(15(16,17)18)13(21-14)23-4-2/h5-9H,3-4H2,1-2H3. The largest absolute Gasteiger partial charge is 0.477 e. The van der Waals surface area contributed by atoms with Gasteiger partial charge in [-0.15, -0.1) is 0 Å². The van der Waals surface area contributed by atoms with Crippen LogP contribution in [0.4, 0.5) is 24.8 Å². The maximum absolute atomic E-state index is 13.0. The molecule has 1 aromatic heterocycles. The van der Waals surface area contributed by atoms with E-state index in [2.05, 4.69) is 32.6 Å². The molecule has 124 valence electrons. The summed E-state index contributed by atoms with van der Waals surface area (Å²) in [5, 5.41) is 0. The van der Waals surface area contributed by atoms with E-state index in [1.165, 1.54) is 0 Å². The topological polar surface area (TPSA) is 38.2 Å². The van der Waals surface area contributed by atoms with Crippen LogP contribution >= 0.6 is 22.6 Å². The van der Waals surface area contributed by atoms with Crippen LogP contribution in [-0.4, -0.2) is 23.1 Å². The summed E-state index contributed by atoms with van der Waals surface area (Å²) in [6, 6.07) is 7.52. The number of hydrogen-bond donors (Lipinski definition) is 0. The van der Waals surface area contributed by atoms with Crippen molar-refractivity contribution in [2.24, 2.45) is 0 Å². The fourth-order valence-electron chi connectivity index (χ4n) is 2.02. The minimum absolute atomic E-state index is 0.0918. The molecule has 0 bridgehead atoms. The molecule has 0 aliphatic carbocycles. The first kappa shape index (κ1) is 17.8. The van der Waals surface area contributed by atoms with Gasteiger partial charge < -0.3 is 9.64 Å². The van der Waals surface area contributed by atoms with Crippen molar-refractivity contribution in [3.8, 4) is 5.88 Å². The third-order valence-corrected chi connectivity index (χ3v) is 3.94. The van der Waals surface area contributed by atoms with Gasteiger partial charge in [-0.2, -0.15) is 18.2 Å². The molecular formula is C15H15F3IN3O. The van der Waals surface area contributed by atoms with Gasteiger partial charge in [-0.25, -0.2) is 4.98 Å². The Bertz CT molecular complexity index is 679. The predicted octanol–water partition coefficient (Wildman–Crippen LogP) is 4.66. The third kappa shape index (κ3) is 4.04. The second-order valence-electron chi connectivity index (χ2n) is 4.52. The van der Waals surface area contributed by atoms with Gasteiger partial charge in [0.1, 0.15) is 5.56 Å². The lowest BCUT2D eigenvalue weighted by molar-refractivity contribution is -0.139. The molecule has 0 radical (unpaired) electrons. The molecule has 0 saturated carbocycles. The Balaban J connectivity index is 2.50. The summed E-state index contributed by atoms with van der Waals surface area (Å²) in [4.78, 5) is 9.62. The van der Waals surface area contributed by atoms with Gasteiger partial charge in [0.2, 0.25) is 11.8 Å². The maximum atomic E-state index is 13.0. The fraction of sp³-hybridized carbons (Fsp3) is 0.333. The lowest BCUT2D eigenvalue weighted by Gasteiger charge is -2.23. The molecule has 0 aliphatic rings. The first-order chi connectivity index (χ1) is 10.9. The highest BCUT2D eigenvalue weighted by Crippen LogP contribution is 2.36. The monoisotopic (exact) mass is 437 g/mol. The average molecular weight is 437 g/mol. The van der Waals surface area contributed by atoms with Crippen molar-refractivity contribution < 1.29 is 17.9 Å². The second kappa shape index (κ2) is 7.33. The molecule has 0 saturated heterocycles. The number of ether oxygens (including phenoxy) is 1. The smallest absolute Gasteiger partial charge is 0.423 e. The van der Waals surface area contributed by atoms with Crippen LogP contribution in [0, 0.1) is 3.57 Å². The molecule has 1 aromatic carbocycles. The van der Waals surface area contributed by atoms with Crippen molar-refractivity contribution in [2.45, 2.75) is 20.0 Å². The van der Waals surface area contributed by atoms with Crippen molar-refractivity contribution in [2.75, 3.05) is 18.1 Å². The fourth-order valence-corrected chi connectivity index (χ4v) is 2.70. The Morgan fingerprint density at radius 2 is 1.91 bits per heavy atom. The van der Waals surface area contributed by atoms with Crippen LogP contribution in [0.25, 0.3) is 0 Å². The van der Waals surface area contributed by atoms with Crippen LogP contribution in [0.2, 0.25) is 0 Å². The molecule has 0 unspecified atom stereocenters. The summed E-state index contributed by atoms with van der Waals surface area (Å²) in [7, 11) is 0. The number of para-hydroxylation sites is 1. The molecule has 23 heavy (non-hydrogen) atoms. The minimum atomic E-state index is -4.55. The Hall–Kier alpha value is -1.58. The van der Waals surface area contributed by atoms with Crippen molar-refractivity contribution in [3.63, 3.8) is 0 Å². The van der Waals surface area contributed by atoms with Gasteiger partial charge in [0, 0.05) is 16.3 Å². The van der Waals surface area contributed by atoms with Crippen molar-refractivity contribution in [1.82, 2.24) is 9.97 Å². The molecule has 0 N–H and O–H groups in total. The van der Waals surface area contributed by atoms with E-state index in [1.54, 1.807) is 11.8 Å². The molecule has 1 heterocycles. The van der Waals surface area contributed by atoms with Crippen molar-refractivity contribution >= 4 is 34.2 Å². The van der Waals surface area contributed by atoms with Crippen molar-refractivity contribution in [3.05, 3.63) is 39.6 Å². The zero-order valence-corrected chi connectivity index (χ0v) is 14.7. The Labute approximate surface area is 145 Å². The highest BCUT2D eigenvalue weighted by atomic mass is 127. The van der Waals surface area contributed by atoms with E-state index in [4.69, 9.17) is 4.74 Å². The summed E-state index contributed by atoms with van der Waals surface area (Å²) < 4.78 is 45.0. The molecular weight excluding hydrogens is 422 g/mol. The third-order valence-electron chi connectivity index (χ3n) is 3.03. The molecule has 2 aromatic rings. The normalized spacial score (nSPS) is 11.4. The first-order valence-corrected chi connectivity index (χ1v) is 8.05. The van der Waals surface area contributed by atoms with E-state index in [-0.39, 0.29) is 12.6 Å². The number of hydrogen-bond acceptors (Lipinski definition) is 4. The second-order valence-corrected chi connectivity index (χ2v) is 5.68. The van der Waals surface area contributed by atoms with Crippen LogP contribution < -0.4 is 9.64 Å². The summed E-state index contributed by atoms with van der Waals surface area (Å²) in [6.45, 7) is 4.09.